The number of carbonyl (C=O) groups excluding carboxylic acids is 2. The van der Waals surface area contributed by atoms with Crippen LogP contribution in [0.15, 0.2) is 22.7 Å². The van der Waals surface area contributed by atoms with E-state index in [2.05, 4.69) is 21.2 Å². The van der Waals surface area contributed by atoms with Gasteiger partial charge in [0.15, 0.2) is 0 Å². The molecule has 1 aliphatic rings. The van der Waals surface area contributed by atoms with E-state index in [4.69, 9.17) is 4.74 Å². The standard InChI is InChI=1S/C14H17BrN2O3/c1-4-14(2)12(18)16-13(19)17(14)8-9-7-10(20-3)5-6-11(9)15/h5-7H,4,8H2,1-3H3,(H,16,18,19). The summed E-state index contributed by atoms with van der Waals surface area (Å²) in [7, 11) is 1.59. The topological polar surface area (TPSA) is 58.6 Å². The Labute approximate surface area is 126 Å². The van der Waals surface area contributed by atoms with Gasteiger partial charge in [-0.25, -0.2) is 4.79 Å². The van der Waals surface area contributed by atoms with E-state index in [0.717, 1.165) is 10.0 Å². The lowest BCUT2D eigenvalue weighted by atomic mass is 9.97. The van der Waals surface area contributed by atoms with Gasteiger partial charge < -0.3 is 9.64 Å². The fourth-order valence-corrected chi connectivity index (χ4v) is 2.59. The highest BCUT2D eigenvalue weighted by Crippen LogP contribution is 2.30. The molecule has 20 heavy (non-hydrogen) atoms. The Morgan fingerprint density at radius 1 is 1.40 bits per heavy atom. The molecule has 1 fully saturated rings. The number of ether oxygens (including phenoxy) is 1. The molecule has 0 saturated carbocycles. The van der Waals surface area contributed by atoms with Gasteiger partial charge in [-0.3, -0.25) is 10.1 Å². The Bertz CT molecular complexity index is 561. The van der Waals surface area contributed by atoms with Crippen LogP contribution in [0, 0.1) is 0 Å². The molecule has 6 heteroatoms. The molecule has 1 saturated heterocycles. The third kappa shape index (κ3) is 2.40. The fraction of sp³-hybridized carbons (Fsp3) is 0.429. The van der Waals surface area contributed by atoms with Crippen molar-refractivity contribution in [2.24, 2.45) is 0 Å². The number of benzene rings is 1. The quantitative estimate of drug-likeness (QED) is 0.857. The number of nitrogens with one attached hydrogen (secondary N) is 1. The average Bonchev–Trinajstić information content (AvgIpc) is 2.65. The SMILES string of the molecule is CCC1(C)C(=O)NC(=O)N1Cc1cc(OC)ccc1Br. The first-order valence-electron chi connectivity index (χ1n) is 6.38. The molecule has 3 amide bonds. The van der Waals surface area contributed by atoms with Crippen LogP contribution in [0.5, 0.6) is 5.75 Å². The molecule has 0 spiro atoms. The summed E-state index contributed by atoms with van der Waals surface area (Å²) in [6, 6.07) is 5.21. The summed E-state index contributed by atoms with van der Waals surface area (Å²) in [4.78, 5) is 25.5. The summed E-state index contributed by atoms with van der Waals surface area (Å²) in [6.45, 7) is 4.02. The number of nitrogens with zero attached hydrogens (tertiary/aromatic N) is 1. The smallest absolute Gasteiger partial charge is 0.325 e. The van der Waals surface area contributed by atoms with E-state index in [1.165, 1.54) is 0 Å². The van der Waals surface area contributed by atoms with Crippen LogP contribution in [-0.4, -0.2) is 29.5 Å². The Morgan fingerprint density at radius 3 is 2.70 bits per heavy atom. The molecule has 2 rings (SSSR count). The number of rotatable bonds is 4. The van der Waals surface area contributed by atoms with Crippen molar-refractivity contribution in [3.8, 4) is 5.75 Å². The fourth-order valence-electron chi connectivity index (χ4n) is 2.21. The zero-order chi connectivity index (χ0) is 14.9. The van der Waals surface area contributed by atoms with E-state index in [-0.39, 0.29) is 11.9 Å². The van der Waals surface area contributed by atoms with E-state index in [9.17, 15) is 9.59 Å². The second-order valence-corrected chi connectivity index (χ2v) is 5.78. The molecule has 1 heterocycles. The van der Waals surface area contributed by atoms with Crippen LogP contribution in [0.3, 0.4) is 0 Å². The minimum Gasteiger partial charge on any atom is -0.497 e. The lowest BCUT2D eigenvalue weighted by Gasteiger charge is -2.31. The van der Waals surface area contributed by atoms with Crippen molar-refractivity contribution in [2.75, 3.05) is 7.11 Å². The summed E-state index contributed by atoms with van der Waals surface area (Å²) in [5.41, 5.74) is 0.0912. The second kappa shape index (κ2) is 5.44. The Kier molecular flexibility index (Phi) is 4.04. The molecule has 1 aliphatic heterocycles. The van der Waals surface area contributed by atoms with Crippen molar-refractivity contribution in [2.45, 2.75) is 32.4 Å². The lowest BCUT2D eigenvalue weighted by Crippen LogP contribution is -2.46. The maximum absolute atomic E-state index is 12.0. The molecule has 1 N–H and O–H groups in total. The van der Waals surface area contributed by atoms with E-state index in [1.54, 1.807) is 18.9 Å². The summed E-state index contributed by atoms with van der Waals surface area (Å²) >= 11 is 3.46. The molecule has 108 valence electrons. The van der Waals surface area contributed by atoms with E-state index < -0.39 is 5.54 Å². The van der Waals surface area contributed by atoms with Crippen LogP contribution in [0.2, 0.25) is 0 Å². The largest absolute Gasteiger partial charge is 0.497 e. The third-order valence-electron chi connectivity index (χ3n) is 3.82. The highest BCUT2D eigenvalue weighted by atomic mass is 79.9. The number of methoxy groups -OCH3 is 1. The third-order valence-corrected chi connectivity index (χ3v) is 4.59. The van der Waals surface area contributed by atoms with Gasteiger partial charge in [-0.05, 0) is 37.1 Å². The molecular weight excluding hydrogens is 324 g/mol. The van der Waals surface area contributed by atoms with Gasteiger partial charge in [-0.1, -0.05) is 22.9 Å². The van der Waals surface area contributed by atoms with Gasteiger partial charge in [0.25, 0.3) is 5.91 Å². The van der Waals surface area contributed by atoms with Crippen LogP contribution in [0.25, 0.3) is 0 Å². The summed E-state index contributed by atoms with van der Waals surface area (Å²) in [5.74, 6) is 0.469. The van der Waals surface area contributed by atoms with Gasteiger partial charge in [-0.2, -0.15) is 0 Å². The van der Waals surface area contributed by atoms with Crippen molar-refractivity contribution >= 4 is 27.9 Å². The molecule has 1 aromatic rings. The zero-order valence-corrected chi connectivity index (χ0v) is 13.3. The first kappa shape index (κ1) is 14.8. The predicted molar refractivity (Wildman–Crippen MR) is 78.5 cm³/mol. The van der Waals surface area contributed by atoms with Crippen LogP contribution >= 0.6 is 15.9 Å². The van der Waals surface area contributed by atoms with E-state index in [0.29, 0.717) is 18.7 Å². The second-order valence-electron chi connectivity index (χ2n) is 4.93. The molecular formula is C14H17BrN2O3. The summed E-state index contributed by atoms with van der Waals surface area (Å²) in [6.07, 6.45) is 0.562. The maximum atomic E-state index is 12.0. The number of hydrogen-bond donors (Lipinski definition) is 1. The van der Waals surface area contributed by atoms with Crippen LogP contribution < -0.4 is 10.1 Å². The minimum atomic E-state index is -0.806. The Balaban J connectivity index is 2.33. The van der Waals surface area contributed by atoms with Crippen LogP contribution in [0.1, 0.15) is 25.8 Å². The van der Waals surface area contributed by atoms with Gasteiger partial charge in [0.1, 0.15) is 11.3 Å². The van der Waals surface area contributed by atoms with Crippen LogP contribution in [-0.2, 0) is 11.3 Å². The highest BCUT2D eigenvalue weighted by Gasteiger charge is 2.47. The molecule has 0 aliphatic carbocycles. The van der Waals surface area contributed by atoms with Gasteiger partial charge in [0.2, 0.25) is 0 Å². The first-order valence-corrected chi connectivity index (χ1v) is 7.17. The number of halogens is 1. The molecule has 1 atom stereocenters. The van der Waals surface area contributed by atoms with Crippen molar-refractivity contribution in [1.29, 1.82) is 0 Å². The predicted octanol–water partition coefficient (Wildman–Crippen LogP) is 2.68. The summed E-state index contributed by atoms with van der Waals surface area (Å²) in [5, 5.41) is 2.38. The first-order chi connectivity index (χ1) is 9.42. The zero-order valence-electron chi connectivity index (χ0n) is 11.7. The maximum Gasteiger partial charge on any atom is 0.325 e. The molecule has 0 aromatic heterocycles. The number of amides is 3. The highest BCUT2D eigenvalue weighted by molar-refractivity contribution is 9.10. The lowest BCUT2D eigenvalue weighted by molar-refractivity contribution is -0.126. The normalized spacial score (nSPS) is 22.1. The number of imide groups is 1. The van der Waals surface area contributed by atoms with Crippen LogP contribution in [0.4, 0.5) is 4.79 Å². The molecule has 1 unspecified atom stereocenters. The van der Waals surface area contributed by atoms with Gasteiger partial charge in [0, 0.05) is 11.0 Å². The van der Waals surface area contributed by atoms with Crippen molar-refractivity contribution in [3.63, 3.8) is 0 Å². The van der Waals surface area contributed by atoms with Gasteiger partial charge in [-0.15, -0.1) is 0 Å². The van der Waals surface area contributed by atoms with Crippen molar-refractivity contribution in [3.05, 3.63) is 28.2 Å². The monoisotopic (exact) mass is 340 g/mol. The van der Waals surface area contributed by atoms with E-state index in [1.807, 2.05) is 25.1 Å². The summed E-state index contributed by atoms with van der Waals surface area (Å²) < 4.78 is 6.07. The Hall–Kier alpha value is -1.56. The molecule has 0 bridgehead atoms. The molecule has 5 nitrogen and oxygen atoms in total. The van der Waals surface area contributed by atoms with Crippen molar-refractivity contribution < 1.29 is 14.3 Å². The average molecular weight is 341 g/mol. The molecule has 0 radical (unpaired) electrons. The number of urea groups is 1. The van der Waals surface area contributed by atoms with E-state index >= 15 is 0 Å². The van der Waals surface area contributed by atoms with Gasteiger partial charge in [0.05, 0.1) is 7.11 Å². The van der Waals surface area contributed by atoms with Crippen molar-refractivity contribution in [1.82, 2.24) is 10.2 Å². The Morgan fingerprint density at radius 2 is 2.10 bits per heavy atom. The molecule has 1 aromatic carbocycles. The number of hydrogen-bond acceptors (Lipinski definition) is 3. The van der Waals surface area contributed by atoms with Gasteiger partial charge >= 0.3 is 6.03 Å². The number of carbonyl (C=O) groups is 2. The minimum absolute atomic E-state index is 0.246.